The predicted octanol–water partition coefficient (Wildman–Crippen LogP) is 4.30. The first kappa shape index (κ1) is 23.0. The van der Waals surface area contributed by atoms with Crippen LogP contribution >= 0.6 is 0 Å². The minimum Gasteiger partial charge on any atom is -0.489 e. The van der Waals surface area contributed by atoms with Crippen molar-refractivity contribution in [2.75, 3.05) is 0 Å². The number of pyridine rings is 1. The third-order valence-corrected chi connectivity index (χ3v) is 8.27. The lowest BCUT2D eigenvalue weighted by atomic mass is 9.49. The van der Waals surface area contributed by atoms with E-state index in [2.05, 4.69) is 34.2 Å². The molecule has 0 aliphatic heterocycles. The zero-order chi connectivity index (χ0) is 24.1. The highest BCUT2D eigenvalue weighted by Gasteiger charge is 2.63. The number of ether oxygens (including phenoxy) is 1. The van der Waals surface area contributed by atoms with Crippen LogP contribution < -0.4 is 4.74 Å². The Morgan fingerprint density at radius 1 is 1.21 bits per heavy atom. The minimum absolute atomic E-state index is 0.111. The van der Waals surface area contributed by atoms with Crippen molar-refractivity contribution >= 4 is 0 Å². The van der Waals surface area contributed by atoms with Crippen molar-refractivity contribution < 1.29 is 19.5 Å². The lowest BCUT2D eigenvalue weighted by Gasteiger charge is -2.57. The molecule has 34 heavy (non-hydrogen) atoms. The number of hydrogen-bond donors (Lipinski definition) is 2. The van der Waals surface area contributed by atoms with Gasteiger partial charge in [0.1, 0.15) is 18.0 Å². The molecule has 2 aliphatic rings. The number of rotatable bonds is 5. The zero-order valence-electron chi connectivity index (χ0n) is 20.3. The summed E-state index contributed by atoms with van der Waals surface area (Å²) >= 11 is 0. The average molecular weight is 464 g/mol. The first-order valence-electron chi connectivity index (χ1n) is 12.1. The second-order valence-electron chi connectivity index (χ2n) is 10.3. The normalized spacial score (nSPS) is 30.5. The number of aromatic nitrogens is 3. The van der Waals surface area contributed by atoms with E-state index < -0.39 is 11.2 Å². The molecule has 0 amide bonds. The van der Waals surface area contributed by atoms with Crippen molar-refractivity contribution in [3.63, 3.8) is 0 Å². The summed E-state index contributed by atoms with van der Waals surface area (Å²) in [4.78, 5) is 8.62. The Hall–Kier alpha value is -2.77. The van der Waals surface area contributed by atoms with Gasteiger partial charge in [0.05, 0.1) is 0 Å². The second-order valence-corrected chi connectivity index (χ2v) is 10.3. The Bertz CT molecular complexity index is 1210. The Balaban J connectivity index is 1.45. The zero-order valence-corrected chi connectivity index (χ0v) is 20.3. The average Bonchev–Trinajstić information content (AvgIpc) is 3.26. The summed E-state index contributed by atoms with van der Waals surface area (Å²) in [6, 6.07) is 10.3. The van der Waals surface area contributed by atoms with Crippen LogP contribution in [-0.4, -0.2) is 30.9 Å². The van der Waals surface area contributed by atoms with E-state index in [1.807, 2.05) is 25.1 Å². The third-order valence-electron chi connectivity index (χ3n) is 8.27. The van der Waals surface area contributed by atoms with Gasteiger partial charge in [0.15, 0.2) is 11.4 Å². The predicted molar refractivity (Wildman–Crippen MR) is 126 cm³/mol. The van der Waals surface area contributed by atoms with Crippen LogP contribution in [0.4, 0.5) is 0 Å². The van der Waals surface area contributed by atoms with Crippen molar-refractivity contribution in [2.24, 2.45) is 5.92 Å². The van der Waals surface area contributed by atoms with Crippen LogP contribution in [0, 0.1) is 19.8 Å². The molecular weight excluding hydrogens is 430 g/mol. The lowest BCUT2D eigenvalue weighted by Crippen LogP contribution is -2.62. The molecule has 0 spiro atoms. The highest BCUT2D eigenvalue weighted by molar-refractivity contribution is 5.44. The van der Waals surface area contributed by atoms with E-state index in [-0.39, 0.29) is 17.2 Å². The molecule has 2 N–H and O–H groups in total. The van der Waals surface area contributed by atoms with Gasteiger partial charge in [0.2, 0.25) is 0 Å². The van der Waals surface area contributed by atoms with Gasteiger partial charge in [-0.2, -0.15) is 4.98 Å². The van der Waals surface area contributed by atoms with Gasteiger partial charge in [0, 0.05) is 22.9 Å². The fourth-order valence-corrected chi connectivity index (χ4v) is 6.27. The number of benzene rings is 1. The molecule has 0 saturated heterocycles. The molecule has 1 saturated carbocycles. The molecular formula is C27H33N3O4. The van der Waals surface area contributed by atoms with Gasteiger partial charge in [-0.1, -0.05) is 24.2 Å². The minimum atomic E-state index is -1.57. The van der Waals surface area contributed by atoms with Gasteiger partial charge in [-0.05, 0) is 88.1 Å². The second kappa shape index (κ2) is 8.17. The number of hydrogen-bond acceptors (Lipinski definition) is 7. The number of aryl methyl sites for hydroxylation is 3. The summed E-state index contributed by atoms with van der Waals surface area (Å²) < 4.78 is 11.5. The van der Waals surface area contributed by atoms with Gasteiger partial charge in [-0.25, -0.2) is 0 Å². The Kier molecular flexibility index (Phi) is 5.52. The van der Waals surface area contributed by atoms with Crippen molar-refractivity contribution in [1.82, 2.24) is 15.1 Å². The fraction of sp³-hybridized carbons (Fsp3) is 0.519. The Labute approximate surface area is 200 Å². The Morgan fingerprint density at radius 2 is 2.03 bits per heavy atom. The Morgan fingerprint density at radius 3 is 2.74 bits per heavy atom. The standard InChI is InChI=1S/C27H33N3O4/c1-5-26-16-25(4,31)27(32,24-29-18(3)30-34-24)14-21(26)9-8-19-13-22(10-11-23(19)26)33-15-20-7-6-12-28-17(20)2/h6-7,10-13,21,31-32H,5,8-9,14-16H2,1-4H3/t21-,25-,26-,27+/m1/s1. The molecule has 180 valence electrons. The van der Waals surface area contributed by atoms with Crippen LogP contribution in [-0.2, 0) is 24.0 Å². The van der Waals surface area contributed by atoms with Crippen LogP contribution in [0.25, 0.3) is 0 Å². The van der Waals surface area contributed by atoms with Gasteiger partial charge in [-0.15, -0.1) is 0 Å². The van der Waals surface area contributed by atoms with Gasteiger partial charge >= 0.3 is 0 Å². The summed E-state index contributed by atoms with van der Waals surface area (Å²) in [6.07, 6.45) is 5.27. The van der Waals surface area contributed by atoms with Crippen molar-refractivity contribution in [3.8, 4) is 5.75 Å². The quantitative estimate of drug-likeness (QED) is 0.582. The van der Waals surface area contributed by atoms with E-state index >= 15 is 0 Å². The van der Waals surface area contributed by atoms with E-state index in [1.54, 1.807) is 20.0 Å². The van der Waals surface area contributed by atoms with E-state index in [1.165, 1.54) is 11.1 Å². The lowest BCUT2D eigenvalue weighted by molar-refractivity contribution is -0.216. The molecule has 2 aliphatic carbocycles. The summed E-state index contributed by atoms with van der Waals surface area (Å²) in [5.41, 5.74) is 1.33. The topological polar surface area (TPSA) is 102 Å². The molecule has 0 radical (unpaired) electrons. The third kappa shape index (κ3) is 3.53. The molecule has 1 fully saturated rings. The number of nitrogens with zero attached hydrogens (tertiary/aromatic N) is 3. The largest absolute Gasteiger partial charge is 0.489 e. The van der Waals surface area contributed by atoms with Crippen LogP contribution in [0.2, 0.25) is 0 Å². The fourth-order valence-electron chi connectivity index (χ4n) is 6.27. The molecule has 0 bridgehead atoms. The molecule has 1 aromatic carbocycles. The molecule has 2 heterocycles. The van der Waals surface area contributed by atoms with E-state index in [4.69, 9.17) is 9.26 Å². The summed E-state index contributed by atoms with van der Waals surface area (Å²) in [6.45, 7) is 8.06. The van der Waals surface area contributed by atoms with E-state index in [0.29, 0.717) is 25.3 Å². The molecule has 7 nitrogen and oxygen atoms in total. The summed E-state index contributed by atoms with van der Waals surface area (Å²) in [7, 11) is 0. The smallest absolute Gasteiger partial charge is 0.261 e. The van der Waals surface area contributed by atoms with Crippen LogP contribution in [0.5, 0.6) is 5.75 Å². The van der Waals surface area contributed by atoms with E-state index in [0.717, 1.165) is 36.3 Å². The van der Waals surface area contributed by atoms with Crippen LogP contribution in [0.1, 0.15) is 73.6 Å². The van der Waals surface area contributed by atoms with Gasteiger partial charge < -0.3 is 19.5 Å². The first-order valence-corrected chi connectivity index (χ1v) is 12.1. The first-order chi connectivity index (χ1) is 16.2. The molecule has 4 atom stereocenters. The number of aliphatic hydroxyl groups is 2. The van der Waals surface area contributed by atoms with E-state index in [9.17, 15) is 10.2 Å². The molecule has 5 rings (SSSR count). The molecule has 7 heteroatoms. The van der Waals surface area contributed by atoms with Crippen molar-refractivity contribution in [2.45, 2.75) is 83.0 Å². The van der Waals surface area contributed by atoms with Crippen molar-refractivity contribution in [1.29, 1.82) is 0 Å². The molecule has 2 aromatic heterocycles. The molecule has 3 aromatic rings. The van der Waals surface area contributed by atoms with Crippen LogP contribution in [0.3, 0.4) is 0 Å². The maximum atomic E-state index is 11.7. The summed E-state index contributed by atoms with van der Waals surface area (Å²) in [5.74, 6) is 1.59. The van der Waals surface area contributed by atoms with Gasteiger partial charge in [0.25, 0.3) is 5.89 Å². The van der Waals surface area contributed by atoms with Gasteiger partial charge in [-0.3, -0.25) is 4.98 Å². The molecule has 0 unspecified atom stereocenters. The highest BCUT2D eigenvalue weighted by atomic mass is 16.5. The monoisotopic (exact) mass is 463 g/mol. The van der Waals surface area contributed by atoms with Crippen LogP contribution in [0.15, 0.2) is 41.1 Å². The maximum absolute atomic E-state index is 11.7. The SMILES string of the molecule is CC[C@@]12C[C@@](C)(O)[C@@](O)(c3nc(C)no3)C[C@H]1CCc1cc(OCc3cccnc3C)ccc12. The number of fused-ring (bicyclic) bond motifs is 3. The summed E-state index contributed by atoms with van der Waals surface area (Å²) in [5, 5.41) is 27.1. The van der Waals surface area contributed by atoms with Crippen molar-refractivity contribution in [3.05, 3.63) is 70.6 Å². The highest BCUT2D eigenvalue weighted by Crippen LogP contribution is 2.59. The maximum Gasteiger partial charge on any atom is 0.261 e.